The predicted molar refractivity (Wildman–Crippen MR) is 75.2 cm³/mol. The van der Waals surface area contributed by atoms with Gasteiger partial charge in [0.25, 0.3) is 0 Å². The van der Waals surface area contributed by atoms with E-state index >= 15 is 0 Å². The first kappa shape index (κ1) is 12.5. The third kappa shape index (κ3) is 2.47. The van der Waals surface area contributed by atoms with Gasteiger partial charge in [-0.25, -0.2) is 4.39 Å². The van der Waals surface area contributed by atoms with Crippen LogP contribution in [-0.4, -0.2) is 10.9 Å². The van der Waals surface area contributed by atoms with Crippen molar-refractivity contribution in [3.8, 4) is 0 Å². The Morgan fingerprint density at radius 1 is 1.32 bits per heavy atom. The van der Waals surface area contributed by atoms with E-state index in [4.69, 9.17) is 18.0 Å². The molecule has 1 amide bonds. The fourth-order valence-corrected chi connectivity index (χ4v) is 3.16. The Morgan fingerprint density at radius 2 is 2.00 bits per heavy atom. The van der Waals surface area contributed by atoms with Crippen molar-refractivity contribution >= 4 is 28.8 Å². The van der Waals surface area contributed by atoms with Gasteiger partial charge in [0.1, 0.15) is 10.8 Å². The summed E-state index contributed by atoms with van der Waals surface area (Å²) in [4.78, 5) is 12.2. The molecular formula is C14H15FN2OS. The molecule has 2 atom stereocenters. The number of anilines is 1. The van der Waals surface area contributed by atoms with E-state index in [9.17, 15) is 9.18 Å². The molecule has 2 unspecified atom stereocenters. The van der Waals surface area contributed by atoms with Crippen molar-refractivity contribution in [2.75, 3.05) is 5.32 Å². The maximum atomic E-state index is 13.2. The van der Waals surface area contributed by atoms with Gasteiger partial charge in [-0.3, -0.25) is 4.79 Å². The molecule has 3 nitrogen and oxygen atoms in total. The summed E-state index contributed by atoms with van der Waals surface area (Å²) in [5.41, 5.74) is 6.44. The van der Waals surface area contributed by atoms with Crippen LogP contribution >= 0.6 is 12.2 Å². The van der Waals surface area contributed by atoms with Gasteiger partial charge in [0, 0.05) is 11.5 Å². The summed E-state index contributed by atoms with van der Waals surface area (Å²) < 4.78 is 13.2. The molecule has 2 aliphatic carbocycles. The summed E-state index contributed by atoms with van der Waals surface area (Å²) in [6.07, 6.45) is 3.22. The number of carbonyl (C=O) groups excluding carboxylic acids is 1. The van der Waals surface area contributed by atoms with Gasteiger partial charge < -0.3 is 11.1 Å². The second kappa shape index (κ2) is 4.56. The summed E-state index contributed by atoms with van der Waals surface area (Å²) >= 11 is 4.88. The molecule has 2 fully saturated rings. The molecule has 0 spiro atoms. The standard InChI is InChI=1S/C14H15FN2OS/c15-10-1-2-12(11(6-10)13(16)19)17-14(18)9-4-7-3-8(7)5-9/h1-2,6-9H,3-5H2,(H2,16,19)(H,17,18). The summed E-state index contributed by atoms with van der Waals surface area (Å²) in [7, 11) is 0. The highest BCUT2D eigenvalue weighted by molar-refractivity contribution is 7.80. The number of benzene rings is 1. The van der Waals surface area contributed by atoms with Crippen LogP contribution in [0, 0.1) is 23.6 Å². The molecule has 2 saturated carbocycles. The smallest absolute Gasteiger partial charge is 0.227 e. The lowest BCUT2D eigenvalue weighted by Crippen LogP contribution is -2.23. The Morgan fingerprint density at radius 3 is 2.63 bits per heavy atom. The van der Waals surface area contributed by atoms with E-state index in [-0.39, 0.29) is 16.8 Å². The van der Waals surface area contributed by atoms with Gasteiger partial charge >= 0.3 is 0 Å². The van der Waals surface area contributed by atoms with Crippen LogP contribution in [-0.2, 0) is 4.79 Å². The summed E-state index contributed by atoms with van der Waals surface area (Å²) in [6, 6.07) is 4.06. The number of nitrogens with two attached hydrogens (primary N) is 1. The van der Waals surface area contributed by atoms with Crippen LogP contribution in [0.3, 0.4) is 0 Å². The van der Waals surface area contributed by atoms with E-state index < -0.39 is 5.82 Å². The first-order chi connectivity index (χ1) is 9.04. The number of fused-ring (bicyclic) bond motifs is 1. The van der Waals surface area contributed by atoms with Crippen LogP contribution < -0.4 is 11.1 Å². The molecule has 0 heterocycles. The van der Waals surface area contributed by atoms with E-state index in [1.807, 2.05) is 0 Å². The molecule has 3 N–H and O–H groups in total. The van der Waals surface area contributed by atoms with Gasteiger partial charge in [0.2, 0.25) is 5.91 Å². The topological polar surface area (TPSA) is 55.1 Å². The number of carbonyl (C=O) groups is 1. The molecule has 1 aromatic rings. The van der Waals surface area contributed by atoms with Crippen molar-refractivity contribution in [1.29, 1.82) is 0 Å². The first-order valence-corrected chi connectivity index (χ1v) is 6.85. The van der Waals surface area contributed by atoms with Crippen molar-refractivity contribution in [3.05, 3.63) is 29.6 Å². The normalized spacial score (nSPS) is 27.7. The van der Waals surface area contributed by atoms with Gasteiger partial charge in [-0.1, -0.05) is 12.2 Å². The van der Waals surface area contributed by atoms with Crippen molar-refractivity contribution in [2.45, 2.75) is 19.3 Å². The molecule has 0 saturated heterocycles. The lowest BCUT2D eigenvalue weighted by Gasteiger charge is -2.14. The molecule has 2 aliphatic rings. The van der Waals surface area contributed by atoms with Gasteiger partial charge in [-0.2, -0.15) is 0 Å². The molecule has 0 aromatic heterocycles. The fraction of sp³-hybridized carbons (Fsp3) is 0.429. The van der Waals surface area contributed by atoms with E-state index in [1.54, 1.807) is 0 Å². The van der Waals surface area contributed by atoms with Crippen LogP contribution in [0.4, 0.5) is 10.1 Å². The van der Waals surface area contributed by atoms with Crippen LogP contribution in [0.1, 0.15) is 24.8 Å². The number of rotatable bonds is 3. The second-order valence-corrected chi connectivity index (χ2v) is 5.91. The van der Waals surface area contributed by atoms with Crippen molar-refractivity contribution in [1.82, 2.24) is 0 Å². The van der Waals surface area contributed by atoms with Crippen LogP contribution in [0.2, 0.25) is 0 Å². The summed E-state index contributed by atoms with van der Waals surface area (Å²) in [6.45, 7) is 0. The minimum absolute atomic E-state index is 0.00342. The minimum Gasteiger partial charge on any atom is -0.389 e. The Bertz CT molecular complexity index is 550. The first-order valence-electron chi connectivity index (χ1n) is 6.45. The number of halogens is 1. The molecular weight excluding hydrogens is 263 g/mol. The predicted octanol–water partition coefficient (Wildman–Crippen LogP) is 2.44. The van der Waals surface area contributed by atoms with Crippen LogP contribution in [0.25, 0.3) is 0 Å². The Kier molecular flexibility index (Phi) is 3.01. The van der Waals surface area contributed by atoms with Crippen molar-refractivity contribution in [3.63, 3.8) is 0 Å². The third-order valence-electron chi connectivity index (χ3n) is 4.12. The number of thiocarbonyl (C=S) groups is 1. The summed E-state index contributed by atoms with van der Waals surface area (Å²) in [5, 5.41) is 2.83. The van der Waals surface area contributed by atoms with E-state index in [2.05, 4.69) is 5.32 Å². The molecule has 0 aliphatic heterocycles. The van der Waals surface area contributed by atoms with Crippen molar-refractivity contribution < 1.29 is 9.18 Å². The number of hydrogen-bond acceptors (Lipinski definition) is 2. The molecule has 5 heteroatoms. The van der Waals surface area contributed by atoms with Gasteiger partial charge in [0.15, 0.2) is 0 Å². The zero-order chi connectivity index (χ0) is 13.6. The quantitative estimate of drug-likeness (QED) is 0.835. The number of amides is 1. The van der Waals surface area contributed by atoms with Gasteiger partial charge in [0.05, 0.1) is 5.69 Å². The Balaban J connectivity index is 1.75. The highest BCUT2D eigenvalue weighted by Gasteiger charge is 2.48. The molecule has 100 valence electrons. The second-order valence-electron chi connectivity index (χ2n) is 5.47. The molecule has 3 rings (SSSR count). The van der Waals surface area contributed by atoms with Crippen molar-refractivity contribution in [2.24, 2.45) is 23.5 Å². The fourth-order valence-electron chi connectivity index (χ4n) is 2.99. The molecule has 0 bridgehead atoms. The third-order valence-corrected chi connectivity index (χ3v) is 4.34. The number of hydrogen-bond donors (Lipinski definition) is 2. The van der Waals surface area contributed by atoms with Gasteiger partial charge in [-0.15, -0.1) is 0 Å². The highest BCUT2D eigenvalue weighted by atomic mass is 32.1. The SMILES string of the molecule is NC(=S)c1cc(F)ccc1NC(=O)C1CC2CC2C1. The average Bonchev–Trinajstić information content (AvgIpc) is 2.98. The lowest BCUT2D eigenvalue weighted by molar-refractivity contribution is -0.120. The Hall–Kier alpha value is -1.49. The minimum atomic E-state index is -0.414. The molecule has 19 heavy (non-hydrogen) atoms. The van der Waals surface area contributed by atoms with Crippen LogP contribution in [0.5, 0.6) is 0 Å². The Labute approximate surface area is 116 Å². The van der Waals surface area contributed by atoms with E-state index in [1.165, 1.54) is 24.6 Å². The zero-order valence-corrected chi connectivity index (χ0v) is 11.2. The molecule has 0 radical (unpaired) electrons. The lowest BCUT2D eigenvalue weighted by atomic mass is 10.0. The average molecular weight is 278 g/mol. The zero-order valence-electron chi connectivity index (χ0n) is 10.4. The van der Waals surface area contributed by atoms with Crippen LogP contribution in [0.15, 0.2) is 18.2 Å². The molecule has 1 aromatic carbocycles. The van der Waals surface area contributed by atoms with Gasteiger partial charge in [-0.05, 0) is 49.3 Å². The number of nitrogens with one attached hydrogen (secondary N) is 1. The monoisotopic (exact) mass is 278 g/mol. The maximum Gasteiger partial charge on any atom is 0.227 e. The summed E-state index contributed by atoms with van der Waals surface area (Å²) in [5.74, 6) is 1.16. The maximum absolute atomic E-state index is 13.2. The van der Waals surface area contributed by atoms with E-state index in [0.29, 0.717) is 11.3 Å². The van der Waals surface area contributed by atoms with E-state index in [0.717, 1.165) is 24.7 Å². The largest absolute Gasteiger partial charge is 0.389 e. The highest BCUT2D eigenvalue weighted by Crippen LogP contribution is 2.54.